The fourth-order valence-electron chi connectivity index (χ4n) is 2.49. The topological polar surface area (TPSA) is 41.6 Å². The van der Waals surface area contributed by atoms with Gasteiger partial charge in [-0.3, -0.25) is 4.79 Å². The zero-order valence-corrected chi connectivity index (χ0v) is 10.9. The van der Waals surface area contributed by atoms with Crippen LogP contribution >= 0.6 is 0 Å². The number of alkyl halides is 2. The number of halogens is 2. The van der Waals surface area contributed by atoms with Gasteiger partial charge in [0.05, 0.1) is 0 Å². The maximum Gasteiger partial charge on any atom is 0.387 e. The van der Waals surface area contributed by atoms with Gasteiger partial charge in [0, 0.05) is 31.2 Å². The third-order valence-electron chi connectivity index (χ3n) is 3.60. The van der Waals surface area contributed by atoms with Crippen molar-refractivity contribution < 1.29 is 18.3 Å². The van der Waals surface area contributed by atoms with E-state index in [2.05, 4.69) is 10.1 Å². The van der Waals surface area contributed by atoms with Gasteiger partial charge in [-0.05, 0) is 36.6 Å². The van der Waals surface area contributed by atoms with E-state index in [1.54, 1.807) is 12.1 Å². The van der Waals surface area contributed by atoms with E-state index >= 15 is 0 Å². The minimum atomic E-state index is -2.84. The van der Waals surface area contributed by atoms with E-state index in [4.69, 9.17) is 0 Å². The molecule has 0 spiro atoms. The third kappa shape index (κ3) is 2.84. The van der Waals surface area contributed by atoms with Crippen molar-refractivity contribution in [3.05, 3.63) is 23.8 Å². The van der Waals surface area contributed by atoms with Crippen molar-refractivity contribution in [2.75, 3.05) is 11.9 Å². The lowest BCUT2D eigenvalue weighted by molar-refractivity contribution is -0.132. The number of anilines is 1. The van der Waals surface area contributed by atoms with Crippen LogP contribution in [0.3, 0.4) is 0 Å². The maximum absolute atomic E-state index is 12.3. The van der Waals surface area contributed by atoms with Crippen molar-refractivity contribution in [2.45, 2.75) is 38.5 Å². The van der Waals surface area contributed by atoms with E-state index in [0.29, 0.717) is 25.6 Å². The lowest BCUT2D eigenvalue weighted by Crippen LogP contribution is -2.35. The summed E-state index contributed by atoms with van der Waals surface area (Å²) in [6, 6.07) is 5.15. The molecule has 0 unspecified atom stereocenters. The standard InChI is InChI=1S/C14H16F2N2O2/c15-14(16)20-11-3-4-12-9(7-11)8-18(10-1-2-10)13(19)5-6-17-12/h3-4,7,10,14,17H,1-2,5-6,8H2. The first kappa shape index (κ1) is 13.1. The maximum atomic E-state index is 12.3. The molecule has 20 heavy (non-hydrogen) atoms. The first-order chi connectivity index (χ1) is 9.63. The van der Waals surface area contributed by atoms with Gasteiger partial charge in [-0.2, -0.15) is 8.78 Å². The van der Waals surface area contributed by atoms with E-state index in [-0.39, 0.29) is 11.7 Å². The summed E-state index contributed by atoms with van der Waals surface area (Å²) in [6.07, 6.45) is 2.52. The normalized spacial score (nSPS) is 19.1. The molecule has 6 heteroatoms. The highest BCUT2D eigenvalue weighted by Gasteiger charge is 2.33. The number of hydrogen-bond donors (Lipinski definition) is 1. The van der Waals surface area contributed by atoms with Crippen LogP contribution < -0.4 is 10.1 Å². The van der Waals surface area contributed by atoms with E-state index in [9.17, 15) is 13.6 Å². The zero-order chi connectivity index (χ0) is 14.1. The Morgan fingerprint density at radius 1 is 1.35 bits per heavy atom. The number of carbonyl (C=O) groups is 1. The van der Waals surface area contributed by atoms with Gasteiger partial charge in [-0.1, -0.05) is 0 Å². The largest absolute Gasteiger partial charge is 0.435 e. The van der Waals surface area contributed by atoms with Crippen molar-refractivity contribution >= 4 is 11.6 Å². The summed E-state index contributed by atoms with van der Waals surface area (Å²) in [5, 5.41) is 3.17. The molecule has 4 nitrogen and oxygen atoms in total. The highest BCUT2D eigenvalue weighted by atomic mass is 19.3. The van der Waals surface area contributed by atoms with Crippen molar-refractivity contribution in [2.24, 2.45) is 0 Å². The molecule has 1 heterocycles. The minimum absolute atomic E-state index is 0.117. The smallest absolute Gasteiger partial charge is 0.387 e. The second-order valence-electron chi connectivity index (χ2n) is 5.13. The van der Waals surface area contributed by atoms with Gasteiger partial charge in [-0.15, -0.1) is 0 Å². The summed E-state index contributed by atoms with van der Waals surface area (Å²) in [6.45, 7) is -1.83. The number of carbonyl (C=O) groups excluding carboxylic acids is 1. The summed E-state index contributed by atoms with van der Waals surface area (Å²) >= 11 is 0. The van der Waals surface area contributed by atoms with Crippen molar-refractivity contribution in [3.63, 3.8) is 0 Å². The first-order valence-corrected chi connectivity index (χ1v) is 6.74. The molecule has 3 rings (SSSR count). The molecular formula is C14H16F2N2O2. The van der Waals surface area contributed by atoms with E-state index in [1.165, 1.54) is 6.07 Å². The van der Waals surface area contributed by atoms with Crippen LogP contribution in [0.2, 0.25) is 0 Å². The van der Waals surface area contributed by atoms with Crippen molar-refractivity contribution in [1.82, 2.24) is 4.90 Å². The molecule has 1 aromatic rings. The van der Waals surface area contributed by atoms with Gasteiger partial charge in [0.1, 0.15) is 5.75 Å². The van der Waals surface area contributed by atoms with Crippen LogP contribution in [0.25, 0.3) is 0 Å². The highest BCUT2D eigenvalue weighted by molar-refractivity contribution is 5.78. The average molecular weight is 282 g/mol. The SMILES string of the molecule is O=C1CCNc2ccc(OC(F)F)cc2CN1C1CC1. The number of nitrogens with zero attached hydrogens (tertiary/aromatic N) is 1. The summed E-state index contributed by atoms with van der Waals surface area (Å²) in [5.41, 5.74) is 1.70. The Balaban J connectivity index is 1.86. The molecule has 2 aliphatic rings. The molecule has 1 aliphatic heterocycles. The minimum Gasteiger partial charge on any atom is -0.435 e. The van der Waals surface area contributed by atoms with Crippen LogP contribution in [0.15, 0.2) is 18.2 Å². The van der Waals surface area contributed by atoms with Crippen LogP contribution in [0.4, 0.5) is 14.5 Å². The van der Waals surface area contributed by atoms with E-state index in [0.717, 1.165) is 24.1 Å². The van der Waals surface area contributed by atoms with Crippen molar-refractivity contribution in [3.8, 4) is 5.75 Å². The summed E-state index contributed by atoms with van der Waals surface area (Å²) in [5.74, 6) is 0.246. The Kier molecular flexibility index (Phi) is 3.46. The second kappa shape index (κ2) is 5.26. The van der Waals surface area contributed by atoms with E-state index < -0.39 is 6.61 Å². The molecule has 1 fully saturated rings. The van der Waals surface area contributed by atoms with Gasteiger partial charge >= 0.3 is 6.61 Å². The third-order valence-corrected chi connectivity index (χ3v) is 3.60. The predicted octanol–water partition coefficient (Wildman–Crippen LogP) is 2.59. The average Bonchev–Trinajstić information content (AvgIpc) is 3.19. The number of fused-ring (bicyclic) bond motifs is 1. The van der Waals surface area contributed by atoms with Gasteiger partial charge < -0.3 is 15.0 Å². The van der Waals surface area contributed by atoms with Crippen LogP contribution in [-0.2, 0) is 11.3 Å². The number of ether oxygens (including phenoxy) is 1. The van der Waals surface area contributed by atoms with Gasteiger partial charge in [0.15, 0.2) is 0 Å². The lowest BCUT2D eigenvalue weighted by Gasteiger charge is -2.27. The molecule has 1 saturated carbocycles. The summed E-state index contributed by atoms with van der Waals surface area (Å²) in [7, 11) is 0. The molecule has 0 saturated heterocycles. The Morgan fingerprint density at radius 2 is 2.15 bits per heavy atom. The second-order valence-corrected chi connectivity index (χ2v) is 5.13. The van der Waals surface area contributed by atoms with Gasteiger partial charge in [-0.25, -0.2) is 0 Å². The number of hydrogen-bond acceptors (Lipinski definition) is 3. The molecule has 1 aliphatic carbocycles. The van der Waals surface area contributed by atoms with Crippen LogP contribution in [-0.4, -0.2) is 30.0 Å². The molecule has 0 bridgehead atoms. The summed E-state index contributed by atoms with van der Waals surface area (Å²) < 4.78 is 29.0. The van der Waals surface area contributed by atoms with Crippen LogP contribution in [0, 0.1) is 0 Å². The Bertz CT molecular complexity index is 518. The van der Waals surface area contributed by atoms with E-state index in [1.807, 2.05) is 4.90 Å². The monoisotopic (exact) mass is 282 g/mol. The number of amides is 1. The molecule has 108 valence electrons. The van der Waals surface area contributed by atoms with Crippen LogP contribution in [0.1, 0.15) is 24.8 Å². The molecule has 0 aromatic heterocycles. The Labute approximate surface area is 115 Å². The molecule has 1 amide bonds. The number of rotatable bonds is 3. The Morgan fingerprint density at radius 3 is 2.85 bits per heavy atom. The first-order valence-electron chi connectivity index (χ1n) is 6.74. The Hall–Kier alpha value is -1.85. The quantitative estimate of drug-likeness (QED) is 0.926. The molecule has 0 radical (unpaired) electrons. The predicted molar refractivity (Wildman–Crippen MR) is 69.8 cm³/mol. The zero-order valence-electron chi connectivity index (χ0n) is 10.9. The number of nitrogens with one attached hydrogen (secondary N) is 1. The van der Waals surface area contributed by atoms with Gasteiger partial charge in [0.25, 0.3) is 0 Å². The van der Waals surface area contributed by atoms with Gasteiger partial charge in [0.2, 0.25) is 5.91 Å². The fourth-order valence-corrected chi connectivity index (χ4v) is 2.49. The highest BCUT2D eigenvalue weighted by Crippen LogP contribution is 2.33. The number of benzene rings is 1. The van der Waals surface area contributed by atoms with Crippen molar-refractivity contribution in [1.29, 1.82) is 0 Å². The molecule has 1 N–H and O–H groups in total. The fraction of sp³-hybridized carbons (Fsp3) is 0.500. The summed E-state index contributed by atoms with van der Waals surface area (Å²) in [4.78, 5) is 13.9. The molecular weight excluding hydrogens is 266 g/mol. The molecule has 1 aromatic carbocycles. The molecule has 0 atom stereocenters. The lowest BCUT2D eigenvalue weighted by atomic mass is 10.1. The van der Waals surface area contributed by atoms with Crippen LogP contribution in [0.5, 0.6) is 5.75 Å².